The Morgan fingerprint density at radius 1 is 1.56 bits per heavy atom. The summed E-state index contributed by atoms with van der Waals surface area (Å²) in [5, 5.41) is 2.84. The lowest BCUT2D eigenvalue weighted by molar-refractivity contribution is -0.124. The molecule has 1 atom stereocenters. The summed E-state index contributed by atoms with van der Waals surface area (Å²) in [6, 6.07) is 5.71. The summed E-state index contributed by atoms with van der Waals surface area (Å²) in [5.41, 5.74) is 7.99. The van der Waals surface area contributed by atoms with Gasteiger partial charge in [-0.2, -0.15) is 0 Å². The van der Waals surface area contributed by atoms with Crippen molar-refractivity contribution in [2.45, 2.75) is 20.4 Å². The molecule has 1 amide bonds. The van der Waals surface area contributed by atoms with Gasteiger partial charge >= 0.3 is 0 Å². The van der Waals surface area contributed by atoms with Crippen molar-refractivity contribution in [2.24, 2.45) is 11.7 Å². The summed E-state index contributed by atoms with van der Waals surface area (Å²) in [6.07, 6.45) is 0. The second kappa shape index (κ2) is 5.18. The van der Waals surface area contributed by atoms with Crippen LogP contribution in [-0.2, 0) is 11.3 Å². The topological polar surface area (TPSA) is 81.2 Å². The number of hydrogen-bond acceptors (Lipinski definition) is 4. The van der Waals surface area contributed by atoms with E-state index in [2.05, 4.69) is 10.3 Å². The van der Waals surface area contributed by atoms with Crippen LogP contribution in [0.25, 0.3) is 11.1 Å². The molecule has 1 aromatic heterocycles. The molecule has 18 heavy (non-hydrogen) atoms. The maximum absolute atomic E-state index is 11.6. The van der Waals surface area contributed by atoms with Crippen molar-refractivity contribution in [3.8, 4) is 0 Å². The van der Waals surface area contributed by atoms with E-state index in [9.17, 15) is 4.79 Å². The van der Waals surface area contributed by atoms with Gasteiger partial charge in [-0.15, -0.1) is 0 Å². The van der Waals surface area contributed by atoms with Crippen LogP contribution in [0.1, 0.15) is 18.4 Å². The van der Waals surface area contributed by atoms with Gasteiger partial charge in [0, 0.05) is 25.9 Å². The number of fused-ring (bicyclic) bond motifs is 1. The first-order chi connectivity index (χ1) is 8.60. The molecule has 0 saturated carbocycles. The van der Waals surface area contributed by atoms with E-state index in [-0.39, 0.29) is 11.8 Å². The number of rotatable bonds is 4. The molecule has 2 aromatic rings. The van der Waals surface area contributed by atoms with Gasteiger partial charge in [0.2, 0.25) is 5.91 Å². The third-order valence-corrected chi connectivity index (χ3v) is 2.83. The minimum absolute atomic E-state index is 0.0358. The lowest BCUT2D eigenvalue weighted by atomic mass is 10.1. The van der Waals surface area contributed by atoms with Crippen LogP contribution in [0.15, 0.2) is 22.6 Å². The lowest BCUT2D eigenvalue weighted by Crippen LogP contribution is -2.32. The molecular weight excluding hydrogens is 230 g/mol. The predicted octanol–water partition coefficient (Wildman–Crippen LogP) is 1.35. The van der Waals surface area contributed by atoms with Crippen LogP contribution in [0.3, 0.4) is 0 Å². The molecule has 0 aliphatic carbocycles. The highest BCUT2D eigenvalue weighted by Gasteiger charge is 2.10. The van der Waals surface area contributed by atoms with Crippen molar-refractivity contribution >= 4 is 17.0 Å². The standard InChI is InChI=1S/C13H17N3O2/c1-8(6-14)13(17)15-7-10-3-4-11-12(5-10)18-9(2)16-11/h3-5,8H,6-7,14H2,1-2H3,(H,15,17). The van der Waals surface area contributed by atoms with Crippen molar-refractivity contribution in [2.75, 3.05) is 6.54 Å². The highest BCUT2D eigenvalue weighted by molar-refractivity contribution is 5.78. The zero-order chi connectivity index (χ0) is 13.1. The second-order valence-electron chi connectivity index (χ2n) is 4.39. The summed E-state index contributed by atoms with van der Waals surface area (Å²) < 4.78 is 5.44. The molecule has 0 aliphatic rings. The fourth-order valence-electron chi connectivity index (χ4n) is 1.66. The molecule has 0 bridgehead atoms. The van der Waals surface area contributed by atoms with Gasteiger partial charge in [0.05, 0.1) is 0 Å². The molecule has 5 nitrogen and oxygen atoms in total. The van der Waals surface area contributed by atoms with E-state index in [1.54, 1.807) is 6.92 Å². The molecule has 0 aliphatic heterocycles. The van der Waals surface area contributed by atoms with Gasteiger partial charge in [0.15, 0.2) is 11.5 Å². The highest BCUT2D eigenvalue weighted by Crippen LogP contribution is 2.16. The Kier molecular flexibility index (Phi) is 3.62. The Morgan fingerprint density at radius 2 is 2.33 bits per heavy atom. The van der Waals surface area contributed by atoms with E-state index >= 15 is 0 Å². The van der Waals surface area contributed by atoms with Crippen LogP contribution in [0, 0.1) is 12.8 Å². The van der Waals surface area contributed by atoms with E-state index in [0.29, 0.717) is 19.0 Å². The van der Waals surface area contributed by atoms with Crippen molar-refractivity contribution in [3.63, 3.8) is 0 Å². The Balaban J connectivity index is 2.05. The zero-order valence-corrected chi connectivity index (χ0v) is 10.6. The van der Waals surface area contributed by atoms with Crippen LogP contribution in [0.5, 0.6) is 0 Å². The first-order valence-electron chi connectivity index (χ1n) is 5.94. The molecule has 0 spiro atoms. The number of nitrogens with one attached hydrogen (secondary N) is 1. The zero-order valence-electron chi connectivity index (χ0n) is 10.6. The van der Waals surface area contributed by atoms with Gasteiger partial charge in [0.25, 0.3) is 0 Å². The number of aryl methyl sites for hydroxylation is 1. The monoisotopic (exact) mass is 247 g/mol. The number of carbonyl (C=O) groups is 1. The average molecular weight is 247 g/mol. The van der Waals surface area contributed by atoms with Gasteiger partial charge in [-0.05, 0) is 17.7 Å². The normalized spacial score (nSPS) is 12.6. The number of oxazole rings is 1. The first kappa shape index (κ1) is 12.6. The van der Waals surface area contributed by atoms with Crippen molar-refractivity contribution < 1.29 is 9.21 Å². The third kappa shape index (κ3) is 2.68. The summed E-state index contributed by atoms with van der Waals surface area (Å²) in [6.45, 7) is 4.44. The summed E-state index contributed by atoms with van der Waals surface area (Å²) in [5.74, 6) is 0.440. The Morgan fingerprint density at radius 3 is 3.06 bits per heavy atom. The van der Waals surface area contributed by atoms with Crippen LogP contribution >= 0.6 is 0 Å². The quantitative estimate of drug-likeness (QED) is 0.854. The third-order valence-electron chi connectivity index (χ3n) is 2.83. The number of hydrogen-bond donors (Lipinski definition) is 2. The molecule has 3 N–H and O–H groups in total. The number of benzene rings is 1. The number of amides is 1. The summed E-state index contributed by atoms with van der Waals surface area (Å²) in [4.78, 5) is 15.8. The number of nitrogens with two attached hydrogens (primary N) is 1. The van der Waals surface area contributed by atoms with E-state index in [4.69, 9.17) is 10.2 Å². The highest BCUT2D eigenvalue weighted by atomic mass is 16.3. The fourth-order valence-corrected chi connectivity index (χ4v) is 1.66. The van der Waals surface area contributed by atoms with Gasteiger partial charge in [-0.25, -0.2) is 4.98 Å². The number of carbonyl (C=O) groups excluding carboxylic acids is 1. The molecule has 2 rings (SSSR count). The Bertz CT molecular complexity index is 562. The predicted molar refractivity (Wildman–Crippen MR) is 68.8 cm³/mol. The van der Waals surface area contributed by atoms with E-state index in [1.807, 2.05) is 25.1 Å². The molecule has 1 heterocycles. The Hall–Kier alpha value is -1.88. The van der Waals surface area contributed by atoms with Crippen LogP contribution in [0.4, 0.5) is 0 Å². The molecular formula is C13H17N3O2. The molecule has 0 radical (unpaired) electrons. The van der Waals surface area contributed by atoms with Crippen molar-refractivity contribution in [1.29, 1.82) is 0 Å². The molecule has 1 unspecified atom stereocenters. The van der Waals surface area contributed by atoms with Crippen LogP contribution < -0.4 is 11.1 Å². The van der Waals surface area contributed by atoms with Gasteiger partial charge < -0.3 is 15.5 Å². The van der Waals surface area contributed by atoms with E-state index in [0.717, 1.165) is 16.7 Å². The minimum Gasteiger partial charge on any atom is -0.441 e. The van der Waals surface area contributed by atoms with Gasteiger partial charge in [0.1, 0.15) is 5.52 Å². The average Bonchev–Trinajstić information content (AvgIpc) is 2.74. The minimum atomic E-state index is -0.166. The van der Waals surface area contributed by atoms with E-state index in [1.165, 1.54) is 0 Å². The Labute approximate surface area is 105 Å². The van der Waals surface area contributed by atoms with Crippen molar-refractivity contribution in [1.82, 2.24) is 10.3 Å². The van der Waals surface area contributed by atoms with Crippen LogP contribution in [0.2, 0.25) is 0 Å². The SMILES string of the molecule is Cc1nc2ccc(CNC(=O)C(C)CN)cc2o1. The van der Waals surface area contributed by atoms with Crippen LogP contribution in [-0.4, -0.2) is 17.4 Å². The van der Waals surface area contributed by atoms with Gasteiger partial charge in [-0.1, -0.05) is 13.0 Å². The number of aromatic nitrogens is 1. The molecule has 96 valence electrons. The lowest BCUT2D eigenvalue weighted by Gasteiger charge is -2.09. The largest absolute Gasteiger partial charge is 0.441 e. The van der Waals surface area contributed by atoms with Gasteiger partial charge in [-0.3, -0.25) is 4.79 Å². The fraction of sp³-hybridized carbons (Fsp3) is 0.385. The molecule has 0 saturated heterocycles. The molecule has 0 fully saturated rings. The first-order valence-corrected chi connectivity index (χ1v) is 5.94. The van der Waals surface area contributed by atoms with Crippen molar-refractivity contribution in [3.05, 3.63) is 29.7 Å². The number of nitrogens with zero attached hydrogens (tertiary/aromatic N) is 1. The summed E-state index contributed by atoms with van der Waals surface area (Å²) in [7, 11) is 0. The second-order valence-corrected chi connectivity index (χ2v) is 4.39. The van der Waals surface area contributed by atoms with E-state index < -0.39 is 0 Å². The maximum atomic E-state index is 11.6. The molecule has 1 aromatic carbocycles. The smallest absolute Gasteiger partial charge is 0.224 e. The summed E-state index contributed by atoms with van der Waals surface area (Å²) >= 11 is 0. The molecule has 5 heteroatoms. The maximum Gasteiger partial charge on any atom is 0.224 e.